The van der Waals surface area contributed by atoms with Crippen molar-refractivity contribution in [2.75, 3.05) is 4.90 Å². The lowest BCUT2D eigenvalue weighted by Gasteiger charge is -2.30. The molecule has 2 heteroatoms. The molecule has 11 rings (SSSR count). The summed E-state index contributed by atoms with van der Waals surface area (Å²) in [7, 11) is 0. The monoisotopic (exact) mass is 735 g/mol. The molecule has 0 fully saturated rings. The van der Waals surface area contributed by atoms with E-state index in [1.807, 2.05) is 11.3 Å². The molecule has 0 saturated carbocycles. The number of fused-ring (bicyclic) bond motifs is 9. The molecule has 0 spiro atoms. The fraction of sp³-hybridized carbons (Fsp3) is 0.111. The van der Waals surface area contributed by atoms with Crippen molar-refractivity contribution in [2.45, 2.75) is 38.5 Å². The van der Waals surface area contributed by atoms with Crippen LogP contribution >= 0.6 is 11.3 Å². The number of nitrogens with zero attached hydrogens (tertiary/aromatic N) is 1. The van der Waals surface area contributed by atoms with E-state index in [9.17, 15) is 0 Å². The molecule has 1 aromatic heterocycles. The van der Waals surface area contributed by atoms with Crippen molar-refractivity contribution in [3.8, 4) is 44.5 Å². The average Bonchev–Trinajstić information content (AvgIpc) is 3.81. The Kier molecular flexibility index (Phi) is 7.18. The Hall–Kier alpha value is -6.22. The first-order valence-corrected chi connectivity index (χ1v) is 20.5. The summed E-state index contributed by atoms with van der Waals surface area (Å²) in [6, 6.07) is 65.8. The predicted octanol–water partition coefficient (Wildman–Crippen LogP) is 15.5. The van der Waals surface area contributed by atoms with E-state index in [1.54, 1.807) is 0 Å². The summed E-state index contributed by atoms with van der Waals surface area (Å²) in [4.78, 5) is 2.48. The van der Waals surface area contributed by atoms with Crippen LogP contribution in [0.2, 0.25) is 0 Å². The fourth-order valence-electron chi connectivity index (χ4n) is 9.86. The molecule has 0 bridgehead atoms. The summed E-state index contributed by atoms with van der Waals surface area (Å²) < 4.78 is 2.65. The van der Waals surface area contributed by atoms with E-state index in [1.165, 1.54) is 86.9 Å². The first kappa shape index (κ1) is 33.1. The largest absolute Gasteiger partial charge is 0.310 e. The van der Waals surface area contributed by atoms with Crippen LogP contribution < -0.4 is 4.90 Å². The molecule has 2 aliphatic carbocycles. The van der Waals surface area contributed by atoms with E-state index in [0.717, 1.165) is 17.1 Å². The topological polar surface area (TPSA) is 3.24 Å². The summed E-state index contributed by atoms with van der Waals surface area (Å²) in [5.41, 5.74) is 19.1. The van der Waals surface area contributed by atoms with Crippen molar-refractivity contribution >= 4 is 48.6 Å². The average molecular weight is 736 g/mol. The highest BCUT2D eigenvalue weighted by molar-refractivity contribution is 7.25. The third kappa shape index (κ3) is 4.79. The normalized spacial score (nSPS) is 14.4. The molecule has 9 aromatic rings. The van der Waals surface area contributed by atoms with Crippen molar-refractivity contribution in [1.82, 2.24) is 0 Å². The molecule has 56 heavy (non-hydrogen) atoms. The summed E-state index contributed by atoms with van der Waals surface area (Å²) in [5, 5.41) is 2.66. The Morgan fingerprint density at radius 2 is 0.929 bits per heavy atom. The molecule has 0 amide bonds. The van der Waals surface area contributed by atoms with Crippen LogP contribution in [-0.2, 0) is 10.8 Å². The first-order valence-electron chi connectivity index (χ1n) is 19.7. The highest BCUT2D eigenvalue weighted by Crippen LogP contribution is 2.53. The van der Waals surface area contributed by atoms with E-state index in [4.69, 9.17) is 0 Å². The highest BCUT2D eigenvalue weighted by atomic mass is 32.1. The van der Waals surface area contributed by atoms with Crippen molar-refractivity contribution in [3.63, 3.8) is 0 Å². The molecule has 0 atom stereocenters. The third-order valence-corrected chi connectivity index (χ3v) is 13.8. The number of thiophene rings is 1. The molecule has 268 valence electrons. The third-order valence-electron chi connectivity index (χ3n) is 12.7. The van der Waals surface area contributed by atoms with Gasteiger partial charge in [-0.2, -0.15) is 0 Å². The molecule has 1 nitrogen and oxygen atoms in total. The highest BCUT2D eigenvalue weighted by Gasteiger charge is 2.37. The maximum atomic E-state index is 2.48. The van der Waals surface area contributed by atoms with Gasteiger partial charge in [0.1, 0.15) is 0 Å². The van der Waals surface area contributed by atoms with Gasteiger partial charge in [0.25, 0.3) is 0 Å². The summed E-state index contributed by atoms with van der Waals surface area (Å²) in [6.07, 6.45) is 0. The summed E-state index contributed by atoms with van der Waals surface area (Å²) in [5.74, 6) is 0. The molecular formula is C54H41NS. The molecule has 0 unspecified atom stereocenters. The van der Waals surface area contributed by atoms with Crippen molar-refractivity contribution in [1.29, 1.82) is 0 Å². The van der Waals surface area contributed by atoms with E-state index in [-0.39, 0.29) is 10.8 Å². The minimum Gasteiger partial charge on any atom is -0.310 e. The van der Waals surface area contributed by atoms with Gasteiger partial charge in [-0.05, 0) is 110 Å². The van der Waals surface area contributed by atoms with Gasteiger partial charge in [-0.25, -0.2) is 0 Å². The second-order valence-electron chi connectivity index (χ2n) is 16.5. The van der Waals surface area contributed by atoms with Gasteiger partial charge in [0.2, 0.25) is 0 Å². The van der Waals surface area contributed by atoms with E-state index < -0.39 is 0 Å². The Morgan fingerprint density at radius 1 is 0.375 bits per heavy atom. The van der Waals surface area contributed by atoms with Crippen LogP contribution in [0.1, 0.15) is 49.9 Å². The molecule has 2 aliphatic rings. The van der Waals surface area contributed by atoms with Crippen LogP contribution in [-0.4, -0.2) is 0 Å². The molecule has 0 radical (unpaired) electrons. The number of anilines is 3. The SMILES string of the molecule is CC1(C)c2ccccc2-c2cc(-c3ccccc3N(c3ccc(-c4cccc5sc6ccccc6c45)cc3)c3ccc4c(c3)C(C)(C)c3ccccc3-4)ccc21. The molecule has 0 N–H and O–H groups in total. The lowest BCUT2D eigenvalue weighted by molar-refractivity contribution is 0.660. The number of para-hydroxylation sites is 1. The lowest BCUT2D eigenvalue weighted by Crippen LogP contribution is -2.17. The quantitative estimate of drug-likeness (QED) is 0.170. The van der Waals surface area contributed by atoms with Crippen molar-refractivity contribution < 1.29 is 0 Å². The Morgan fingerprint density at radius 3 is 1.71 bits per heavy atom. The Balaban J connectivity index is 1.09. The van der Waals surface area contributed by atoms with Crippen LogP contribution in [0.4, 0.5) is 17.1 Å². The predicted molar refractivity (Wildman–Crippen MR) is 240 cm³/mol. The van der Waals surface area contributed by atoms with Crippen LogP contribution in [0.15, 0.2) is 176 Å². The standard InChI is InChI=1S/C54H41NS/c1-53(2)46-20-10-6-16-41(46)44-32-35(26-31-47(44)53)38-14-7-11-21-49(38)55(37-29-30-42-40-15-5-9-19-45(40)54(3,4)48(42)33-37)36-27-24-34(25-28-36)39-18-13-23-51-52(39)43-17-8-12-22-50(43)56-51/h5-33H,1-4H3. The second kappa shape index (κ2) is 12.1. The van der Waals surface area contributed by atoms with Gasteiger partial charge < -0.3 is 4.90 Å². The molecular weight excluding hydrogens is 695 g/mol. The number of hydrogen-bond acceptors (Lipinski definition) is 2. The maximum absolute atomic E-state index is 2.48. The number of hydrogen-bond donors (Lipinski definition) is 0. The smallest absolute Gasteiger partial charge is 0.0540 e. The van der Waals surface area contributed by atoms with E-state index in [2.05, 4.69) is 209 Å². The molecule has 1 heterocycles. The van der Waals surface area contributed by atoms with Crippen molar-refractivity contribution in [3.05, 3.63) is 198 Å². The van der Waals surface area contributed by atoms with Crippen LogP contribution in [0.5, 0.6) is 0 Å². The zero-order valence-electron chi connectivity index (χ0n) is 32.1. The van der Waals surface area contributed by atoms with E-state index >= 15 is 0 Å². The Labute approximate surface area is 333 Å². The van der Waals surface area contributed by atoms with Gasteiger partial charge in [0.15, 0.2) is 0 Å². The van der Waals surface area contributed by atoms with Gasteiger partial charge in [0, 0.05) is 47.9 Å². The molecule has 0 saturated heterocycles. The van der Waals surface area contributed by atoms with Gasteiger partial charge in [-0.3, -0.25) is 0 Å². The van der Waals surface area contributed by atoms with E-state index in [0.29, 0.717) is 0 Å². The van der Waals surface area contributed by atoms with Crippen LogP contribution in [0.25, 0.3) is 64.7 Å². The van der Waals surface area contributed by atoms with Gasteiger partial charge >= 0.3 is 0 Å². The summed E-state index contributed by atoms with van der Waals surface area (Å²) >= 11 is 1.87. The van der Waals surface area contributed by atoms with Gasteiger partial charge in [-0.15, -0.1) is 11.3 Å². The number of rotatable bonds is 5. The molecule has 0 aliphatic heterocycles. The summed E-state index contributed by atoms with van der Waals surface area (Å²) in [6.45, 7) is 9.44. The number of benzene rings is 8. The zero-order chi connectivity index (χ0) is 37.8. The maximum Gasteiger partial charge on any atom is 0.0540 e. The second-order valence-corrected chi connectivity index (χ2v) is 17.6. The lowest BCUT2D eigenvalue weighted by atomic mass is 9.82. The van der Waals surface area contributed by atoms with Crippen molar-refractivity contribution in [2.24, 2.45) is 0 Å². The van der Waals surface area contributed by atoms with Gasteiger partial charge in [-0.1, -0.05) is 155 Å². The van der Waals surface area contributed by atoms with Crippen LogP contribution in [0, 0.1) is 0 Å². The fourth-order valence-corrected chi connectivity index (χ4v) is 11.0. The van der Waals surface area contributed by atoms with Crippen LogP contribution in [0.3, 0.4) is 0 Å². The zero-order valence-corrected chi connectivity index (χ0v) is 32.9. The van der Waals surface area contributed by atoms with Gasteiger partial charge in [0.05, 0.1) is 5.69 Å². The molecule has 8 aromatic carbocycles. The minimum absolute atomic E-state index is 0.0355. The minimum atomic E-state index is -0.112. The Bertz CT molecular complexity index is 3030. The first-order chi connectivity index (χ1) is 27.3.